The maximum absolute atomic E-state index is 13.1. The van der Waals surface area contributed by atoms with Crippen molar-refractivity contribution in [3.8, 4) is 0 Å². The number of benzene rings is 2. The fourth-order valence-electron chi connectivity index (χ4n) is 2.99. The van der Waals surface area contributed by atoms with Gasteiger partial charge in [0.1, 0.15) is 11.9 Å². The van der Waals surface area contributed by atoms with Crippen LogP contribution in [0.5, 0.6) is 0 Å². The molecule has 1 aliphatic rings. The van der Waals surface area contributed by atoms with Gasteiger partial charge in [0.2, 0.25) is 5.91 Å². The molecule has 1 fully saturated rings. The van der Waals surface area contributed by atoms with E-state index in [9.17, 15) is 22.4 Å². The molecule has 1 saturated heterocycles. The van der Waals surface area contributed by atoms with Gasteiger partial charge in [-0.2, -0.15) is 0 Å². The highest BCUT2D eigenvalue weighted by Gasteiger charge is 2.39. The number of halogens is 1. The zero-order valence-electron chi connectivity index (χ0n) is 15.3. The molecule has 0 unspecified atom stereocenters. The first-order valence-electron chi connectivity index (χ1n) is 8.75. The number of sulfonamides is 1. The van der Waals surface area contributed by atoms with Crippen LogP contribution < -0.4 is 14.9 Å². The summed E-state index contributed by atoms with van der Waals surface area (Å²) >= 11 is 1.16. The Hall–Kier alpha value is -3.31. The maximum atomic E-state index is 13.1. The number of anilines is 3. The van der Waals surface area contributed by atoms with Crippen LogP contribution >= 0.6 is 11.3 Å². The Morgan fingerprint density at radius 3 is 2.40 bits per heavy atom. The molecule has 2 aromatic carbocycles. The lowest BCUT2D eigenvalue weighted by molar-refractivity contribution is -0.121. The van der Waals surface area contributed by atoms with Crippen LogP contribution in [0.2, 0.25) is 0 Å². The molecule has 154 valence electrons. The highest BCUT2D eigenvalue weighted by atomic mass is 32.2. The van der Waals surface area contributed by atoms with Crippen LogP contribution in [0.1, 0.15) is 6.42 Å². The summed E-state index contributed by atoms with van der Waals surface area (Å²) in [4.78, 5) is 29.9. The van der Waals surface area contributed by atoms with Crippen LogP contribution in [0.4, 0.5) is 20.9 Å². The fourth-order valence-corrected chi connectivity index (χ4v) is 4.77. The Morgan fingerprint density at radius 2 is 1.77 bits per heavy atom. The van der Waals surface area contributed by atoms with E-state index in [1.54, 1.807) is 5.38 Å². The zero-order chi connectivity index (χ0) is 21.3. The summed E-state index contributed by atoms with van der Waals surface area (Å²) in [5.74, 6) is -1.34. The minimum Gasteiger partial charge on any atom is -0.373 e. The van der Waals surface area contributed by atoms with E-state index in [-0.39, 0.29) is 16.4 Å². The number of thiazole rings is 1. The normalized spacial score (nSPS) is 16.7. The van der Waals surface area contributed by atoms with Crippen LogP contribution in [-0.4, -0.2) is 31.3 Å². The average Bonchev–Trinajstić information content (AvgIpc) is 3.31. The maximum Gasteiger partial charge on any atom is 0.263 e. The third kappa shape index (κ3) is 4.02. The van der Waals surface area contributed by atoms with Gasteiger partial charge in [0.25, 0.3) is 15.9 Å². The number of nitrogens with zero attached hydrogens (tertiary/aromatic N) is 2. The molecule has 1 atom stereocenters. The Bertz CT molecular complexity index is 1180. The molecular weight excluding hydrogens is 431 g/mol. The van der Waals surface area contributed by atoms with Crippen molar-refractivity contribution in [1.29, 1.82) is 0 Å². The lowest BCUT2D eigenvalue weighted by Crippen LogP contribution is -2.34. The lowest BCUT2D eigenvalue weighted by Gasteiger charge is -2.16. The van der Waals surface area contributed by atoms with Crippen LogP contribution in [0, 0.1) is 5.82 Å². The third-order valence-electron chi connectivity index (χ3n) is 4.39. The van der Waals surface area contributed by atoms with Gasteiger partial charge in [0.05, 0.1) is 17.0 Å². The Kier molecular flexibility index (Phi) is 5.22. The molecule has 1 aliphatic heterocycles. The quantitative estimate of drug-likeness (QED) is 0.564. The number of aromatic nitrogens is 1. The van der Waals surface area contributed by atoms with E-state index in [1.807, 2.05) is 0 Å². The number of carbonyl (C=O) groups excluding carboxylic acids is 2. The summed E-state index contributed by atoms with van der Waals surface area (Å²) in [5.41, 5.74) is 0.778. The summed E-state index contributed by atoms with van der Waals surface area (Å²) in [5, 5.41) is 4.86. The smallest absolute Gasteiger partial charge is 0.263 e. The number of hydrogen-bond donors (Lipinski definition) is 2. The SMILES string of the molecule is O=C1C[C@@H](Nc2ccc(S(=O)(=O)Nc3nccs3)cc2)C(=O)N1c1ccc(F)cc1. The van der Waals surface area contributed by atoms with Crippen LogP contribution in [0.15, 0.2) is 65.0 Å². The first-order valence-corrected chi connectivity index (χ1v) is 11.1. The Balaban J connectivity index is 1.46. The monoisotopic (exact) mass is 446 g/mol. The van der Waals surface area contributed by atoms with Gasteiger partial charge < -0.3 is 5.32 Å². The van der Waals surface area contributed by atoms with Crippen LogP contribution in [0.25, 0.3) is 0 Å². The molecule has 2 heterocycles. The van der Waals surface area contributed by atoms with Crippen LogP contribution in [-0.2, 0) is 19.6 Å². The largest absolute Gasteiger partial charge is 0.373 e. The number of amides is 2. The second-order valence-corrected chi connectivity index (χ2v) is 8.99. The molecule has 0 spiro atoms. The van der Waals surface area contributed by atoms with E-state index in [2.05, 4.69) is 15.0 Å². The van der Waals surface area contributed by atoms with Crippen molar-refractivity contribution in [2.24, 2.45) is 0 Å². The van der Waals surface area contributed by atoms with Gasteiger partial charge in [-0.05, 0) is 48.5 Å². The fraction of sp³-hybridized carbons (Fsp3) is 0.105. The topological polar surface area (TPSA) is 108 Å². The number of imide groups is 1. The molecule has 2 N–H and O–H groups in total. The van der Waals surface area contributed by atoms with Crippen molar-refractivity contribution in [2.75, 3.05) is 14.9 Å². The van der Waals surface area contributed by atoms with Crippen molar-refractivity contribution in [3.05, 3.63) is 65.9 Å². The van der Waals surface area contributed by atoms with Crippen molar-refractivity contribution < 1.29 is 22.4 Å². The van der Waals surface area contributed by atoms with Gasteiger partial charge in [-0.15, -0.1) is 11.3 Å². The molecule has 0 saturated carbocycles. The first-order chi connectivity index (χ1) is 14.3. The summed E-state index contributed by atoms with van der Waals surface area (Å²) in [6.07, 6.45) is 1.42. The van der Waals surface area contributed by atoms with E-state index >= 15 is 0 Å². The molecule has 0 radical (unpaired) electrons. The Morgan fingerprint density at radius 1 is 1.07 bits per heavy atom. The molecule has 8 nitrogen and oxygen atoms in total. The number of carbonyl (C=O) groups is 2. The van der Waals surface area contributed by atoms with Gasteiger partial charge in [-0.25, -0.2) is 22.7 Å². The van der Waals surface area contributed by atoms with Crippen molar-refractivity contribution in [3.63, 3.8) is 0 Å². The number of nitrogens with one attached hydrogen (secondary N) is 2. The molecular formula is C19H15FN4O4S2. The minimum atomic E-state index is -3.78. The van der Waals surface area contributed by atoms with Gasteiger partial charge >= 0.3 is 0 Å². The molecule has 0 bridgehead atoms. The molecule has 30 heavy (non-hydrogen) atoms. The molecule has 2 amide bonds. The van der Waals surface area contributed by atoms with Gasteiger partial charge in [-0.3, -0.25) is 14.3 Å². The average molecular weight is 446 g/mol. The highest BCUT2D eigenvalue weighted by molar-refractivity contribution is 7.93. The second-order valence-electron chi connectivity index (χ2n) is 6.41. The van der Waals surface area contributed by atoms with E-state index in [1.165, 1.54) is 54.7 Å². The van der Waals surface area contributed by atoms with Gasteiger partial charge in [0.15, 0.2) is 5.13 Å². The van der Waals surface area contributed by atoms with E-state index in [0.717, 1.165) is 16.2 Å². The minimum absolute atomic E-state index is 0.0324. The molecule has 3 aromatic rings. The molecule has 0 aliphatic carbocycles. The summed E-state index contributed by atoms with van der Waals surface area (Å²) in [6, 6.07) is 10.1. The summed E-state index contributed by atoms with van der Waals surface area (Å²) in [6.45, 7) is 0. The predicted molar refractivity (Wildman–Crippen MR) is 110 cm³/mol. The molecule has 4 rings (SSSR count). The summed E-state index contributed by atoms with van der Waals surface area (Å²) in [7, 11) is -3.78. The van der Waals surface area contributed by atoms with Gasteiger partial charge in [-0.1, -0.05) is 0 Å². The standard InChI is InChI=1S/C19H15FN4O4S2/c20-12-1-5-14(6-2-12)24-17(25)11-16(18(24)26)22-13-3-7-15(8-4-13)30(27,28)23-19-21-9-10-29-19/h1-10,16,22H,11H2,(H,21,23)/t16-/m1/s1. The van der Waals surface area contributed by atoms with Gasteiger partial charge in [0, 0.05) is 17.3 Å². The van der Waals surface area contributed by atoms with E-state index in [0.29, 0.717) is 11.4 Å². The third-order valence-corrected chi connectivity index (χ3v) is 6.56. The first kappa shape index (κ1) is 20.0. The number of hydrogen-bond acceptors (Lipinski definition) is 7. The Labute approximate surface area is 175 Å². The van der Waals surface area contributed by atoms with Crippen molar-refractivity contribution in [2.45, 2.75) is 17.4 Å². The van der Waals surface area contributed by atoms with Crippen LogP contribution in [0.3, 0.4) is 0 Å². The predicted octanol–water partition coefficient (Wildman–Crippen LogP) is 2.83. The van der Waals surface area contributed by atoms with E-state index < -0.39 is 33.7 Å². The van der Waals surface area contributed by atoms with Crippen molar-refractivity contribution >= 4 is 49.7 Å². The second kappa shape index (κ2) is 7.84. The number of rotatable bonds is 6. The molecule has 1 aromatic heterocycles. The molecule has 11 heteroatoms. The van der Waals surface area contributed by atoms with E-state index in [4.69, 9.17) is 0 Å². The summed E-state index contributed by atoms with van der Waals surface area (Å²) < 4.78 is 40.2. The lowest BCUT2D eigenvalue weighted by atomic mass is 10.2. The van der Waals surface area contributed by atoms with Crippen molar-refractivity contribution in [1.82, 2.24) is 4.98 Å². The highest BCUT2D eigenvalue weighted by Crippen LogP contribution is 2.26. The zero-order valence-corrected chi connectivity index (χ0v) is 16.9.